The number of anilines is 1. The molecule has 1 aromatic heterocycles. The normalized spacial score (nSPS) is 26.4. The Bertz CT molecular complexity index is 511. The lowest BCUT2D eigenvalue weighted by Crippen LogP contribution is -2.34. The average Bonchev–Trinajstić information content (AvgIpc) is 2.95. The van der Waals surface area contributed by atoms with Crippen LogP contribution in [0.2, 0.25) is 0 Å². The minimum Gasteiger partial charge on any atom is -0.374 e. The van der Waals surface area contributed by atoms with E-state index in [1.54, 1.807) is 6.20 Å². The molecule has 0 radical (unpaired) electrons. The lowest BCUT2D eigenvalue weighted by molar-refractivity contribution is -0.384. The summed E-state index contributed by atoms with van der Waals surface area (Å²) < 4.78 is 0.651. The highest BCUT2D eigenvalue weighted by Crippen LogP contribution is 2.36. The molecule has 0 aliphatic carbocycles. The van der Waals surface area contributed by atoms with E-state index in [0.29, 0.717) is 22.2 Å². The fourth-order valence-corrected chi connectivity index (χ4v) is 3.58. The SMILES string of the molecule is O=[N+]([O-])c1cncc(Br)c1NC1CCN2CCCC12. The molecule has 102 valence electrons. The third-order valence-electron chi connectivity index (χ3n) is 4.01. The molecule has 19 heavy (non-hydrogen) atoms. The summed E-state index contributed by atoms with van der Waals surface area (Å²) >= 11 is 3.35. The van der Waals surface area contributed by atoms with Gasteiger partial charge in [0.1, 0.15) is 11.9 Å². The Balaban J connectivity index is 1.85. The Hall–Kier alpha value is -1.21. The maximum absolute atomic E-state index is 11.1. The van der Waals surface area contributed by atoms with E-state index in [2.05, 4.69) is 31.1 Å². The van der Waals surface area contributed by atoms with Crippen LogP contribution in [0.15, 0.2) is 16.9 Å². The van der Waals surface area contributed by atoms with Crippen LogP contribution in [0.25, 0.3) is 0 Å². The number of rotatable bonds is 3. The molecule has 3 heterocycles. The van der Waals surface area contributed by atoms with E-state index in [0.717, 1.165) is 19.5 Å². The number of nitrogens with one attached hydrogen (secondary N) is 1. The molecule has 2 unspecified atom stereocenters. The van der Waals surface area contributed by atoms with Gasteiger partial charge >= 0.3 is 5.69 Å². The minimum absolute atomic E-state index is 0.0332. The van der Waals surface area contributed by atoms with Gasteiger partial charge in [0.2, 0.25) is 0 Å². The van der Waals surface area contributed by atoms with Gasteiger partial charge < -0.3 is 5.32 Å². The highest BCUT2D eigenvalue weighted by atomic mass is 79.9. The summed E-state index contributed by atoms with van der Waals surface area (Å²) in [6.45, 7) is 2.24. The topological polar surface area (TPSA) is 71.3 Å². The number of hydrogen-bond acceptors (Lipinski definition) is 5. The Labute approximate surface area is 119 Å². The molecule has 0 saturated carbocycles. The smallest absolute Gasteiger partial charge is 0.311 e. The molecule has 6 nitrogen and oxygen atoms in total. The van der Waals surface area contributed by atoms with Crippen LogP contribution >= 0.6 is 15.9 Å². The fourth-order valence-electron chi connectivity index (χ4n) is 3.14. The molecule has 2 fully saturated rings. The van der Waals surface area contributed by atoms with Crippen molar-refractivity contribution in [3.05, 3.63) is 27.0 Å². The van der Waals surface area contributed by atoms with E-state index >= 15 is 0 Å². The Morgan fingerprint density at radius 3 is 3.05 bits per heavy atom. The second-order valence-electron chi connectivity index (χ2n) is 5.06. The van der Waals surface area contributed by atoms with Crippen molar-refractivity contribution in [2.75, 3.05) is 18.4 Å². The number of hydrogen-bond donors (Lipinski definition) is 1. The van der Waals surface area contributed by atoms with Crippen LogP contribution in [0, 0.1) is 10.1 Å². The molecule has 7 heteroatoms. The summed E-state index contributed by atoms with van der Waals surface area (Å²) in [7, 11) is 0. The minimum atomic E-state index is -0.387. The van der Waals surface area contributed by atoms with Crippen LogP contribution in [0.3, 0.4) is 0 Å². The average molecular weight is 327 g/mol. The zero-order valence-corrected chi connectivity index (χ0v) is 12.0. The maximum atomic E-state index is 11.1. The number of halogens is 1. The third-order valence-corrected chi connectivity index (χ3v) is 4.61. The van der Waals surface area contributed by atoms with E-state index in [4.69, 9.17) is 0 Å². The van der Waals surface area contributed by atoms with Crippen LogP contribution in [0.1, 0.15) is 19.3 Å². The Kier molecular flexibility index (Phi) is 3.40. The standard InChI is InChI=1S/C12H15BrN4O2/c13-8-6-14-7-11(17(18)19)12(8)15-9-3-5-16-4-1-2-10(9)16/h6-7,9-10H,1-5H2,(H,14,15). The van der Waals surface area contributed by atoms with Gasteiger partial charge in [0.15, 0.2) is 0 Å². The third kappa shape index (κ3) is 2.32. The number of nitro groups is 1. The molecule has 2 aliphatic rings. The van der Waals surface area contributed by atoms with Gasteiger partial charge in [-0.15, -0.1) is 0 Å². The van der Waals surface area contributed by atoms with Gasteiger partial charge in [0.05, 0.1) is 9.40 Å². The lowest BCUT2D eigenvalue weighted by Gasteiger charge is -2.22. The van der Waals surface area contributed by atoms with Crippen molar-refractivity contribution < 1.29 is 4.92 Å². The van der Waals surface area contributed by atoms with Crippen LogP contribution in [-0.2, 0) is 0 Å². The summed E-state index contributed by atoms with van der Waals surface area (Å²) in [6.07, 6.45) is 6.33. The first kappa shape index (κ1) is 12.8. The van der Waals surface area contributed by atoms with Crippen molar-refractivity contribution in [3.8, 4) is 0 Å². The van der Waals surface area contributed by atoms with Gasteiger partial charge in [-0.3, -0.25) is 20.0 Å². The molecule has 1 N–H and O–H groups in total. The van der Waals surface area contributed by atoms with Crippen molar-refractivity contribution in [3.63, 3.8) is 0 Å². The van der Waals surface area contributed by atoms with Crippen LogP contribution < -0.4 is 5.32 Å². The monoisotopic (exact) mass is 326 g/mol. The Morgan fingerprint density at radius 1 is 1.42 bits per heavy atom. The van der Waals surface area contributed by atoms with Gasteiger partial charge in [-0.25, -0.2) is 0 Å². The molecule has 2 saturated heterocycles. The van der Waals surface area contributed by atoms with Gasteiger partial charge in [-0.2, -0.15) is 0 Å². The molecular weight excluding hydrogens is 312 g/mol. The van der Waals surface area contributed by atoms with E-state index in [-0.39, 0.29) is 10.6 Å². The second-order valence-corrected chi connectivity index (χ2v) is 5.91. The molecule has 0 spiro atoms. The first-order valence-electron chi connectivity index (χ1n) is 6.45. The van der Waals surface area contributed by atoms with Gasteiger partial charge in [-0.05, 0) is 41.7 Å². The first-order valence-corrected chi connectivity index (χ1v) is 7.24. The number of pyridine rings is 1. The highest BCUT2D eigenvalue weighted by Gasteiger charge is 2.38. The van der Waals surface area contributed by atoms with Gasteiger partial charge in [0, 0.05) is 24.8 Å². The number of fused-ring (bicyclic) bond motifs is 1. The van der Waals surface area contributed by atoms with E-state index in [1.807, 2.05) is 0 Å². The maximum Gasteiger partial charge on any atom is 0.311 e. The summed E-state index contributed by atoms with van der Waals surface area (Å²) in [5.74, 6) is 0. The van der Waals surface area contributed by atoms with Gasteiger partial charge in [-0.1, -0.05) is 0 Å². The predicted octanol–water partition coefficient (Wildman–Crippen LogP) is 2.40. The van der Waals surface area contributed by atoms with Crippen LogP contribution in [0.5, 0.6) is 0 Å². The fraction of sp³-hybridized carbons (Fsp3) is 0.583. The van der Waals surface area contributed by atoms with Crippen molar-refractivity contribution in [1.82, 2.24) is 9.88 Å². The van der Waals surface area contributed by atoms with Crippen LogP contribution in [0.4, 0.5) is 11.4 Å². The lowest BCUT2D eigenvalue weighted by atomic mass is 10.1. The largest absolute Gasteiger partial charge is 0.374 e. The van der Waals surface area contributed by atoms with Crippen molar-refractivity contribution in [2.24, 2.45) is 0 Å². The molecule has 3 rings (SSSR count). The quantitative estimate of drug-likeness (QED) is 0.682. The van der Waals surface area contributed by atoms with E-state index in [1.165, 1.54) is 19.0 Å². The van der Waals surface area contributed by atoms with Crippen molar-refractivity contribution >= 4 is 27.3 Å². The molecule has 0 bridgehead atoms. The van der Waals surface area contributed by atoms with E-state index in [9.17, 15) is 10.1 Å². The van der Waals surface area contributed by atoms with E-state index < -0.39 is 0 Å². The number of aromatic nitrogens is 1. The highest BCUT2D eigenvalue weighted by molar-refractivity contribution is 9.10. The zero-order chi connectivity index (χ0) is 13.4. The molecule has 0 amide bonds. The predicted molar refractivity (Wildman–Crippen MR) is 75.2 cm³/mol. The van der Waals surface area contributed by atoms with Crippen LogP contribution in [-0.4, -0.2) is 40.0 Å². The van der Waals surface area contributed by atoms with Gasteiger partial charge in [0.25, 0.3) is 0 Å². The molecule has 2 aliphatic heterocycles. The molecule has 0 aromatic carbocycles. The zero-order valence-electron chi connectivity index (χ0n) is 10.4. The molecule has 2 atom stereocenters. The number of nitrogens with zero attached hydrogens (tertiary/aromatic N) is 3. The summed E-state index contributed by atoms with van der Waals surface area (Å²) in [6, 6.07) is 0.805. The summed E-state index contributed by atoms with van der Waals surface area (Å²) in [5, 5.41) is 14.4. The second kappa shape index (κ2) is 5.05. The van der Waals surface area contributed by atoms with Crippen molar-refractivity contribution in [2.45, 2.75) is 31.3 Å². The summed E-state index contributed by atoms with van der Waals surface area (Å²) in [5.41, 5.74) is 0.588. The Morgan fingerprint density at radius 2 is 2.26 bits per heavy atom. The first-order chi connectivity index (χ1) is 9.16. The summed E-state index contributed by atoms with van der Waals surface area (Å²) in [4.78, 5) is 17.0. The molecule has 1 aromatic rings. The molecular formula is C12H15BrN4O2. The van der Waals surface area contributed by atoms with Crippen molar-refractivity contribution in [1.29, 1.82) is 0 Å².